The number of carboxylic acid groups (broad SMARTS) is 1. The van der Waals surface area contributed by atoms with Crippen LogP contribution in [0.15, 0.2) is 94.9 Å². The van der Waals surface area contributed by atoms with E-state index in [-0.39, 0.29) is 16.9 Å². The van der Waals surface area contributed by atoms with Gasteiger partial charge < -0.3 is 10.4 Å². The third kappa shape index (κ3) is 5.85. The third-order valence-electron chi connectivity index (χ3n) is 6.69. The second-order valence-electron chi connectivity index (χ2n) is 9.50. The zero-order chi connectivity index (χ0) is 30.9. The number of aryl methyl sites for hydroxylation is 1. The summed E-state index contributed by atoms with van der Waals surface area (Å²) in [7, 11) is -2.54. The van der Waals surface area contributed by atoms with Crippen molar-refractivity contribution >= 4 is 38.5 Å². The maximum Gasteiger partial charge on any atom is 0.326 e. The molecule has 5 aromatic rings. The normalized spacial score (nSPS) is 12.2. The van der Waals surface area contributed by atoms with Crippen molar-refractivity contribution in [2.45, 2.75) is 17.4 Å². The number of hydrogen-bond acceptors (Lipinski definition) is 6. The number of aliphatic carboxylic acids is 1. The van der Waals surface area contributed by atoms with Crippen LogP contribution in [-0.4, -0.2) is 45.8 Å². The molecule has 2 aromatic heterocycles. The summed E-state index contributed by atoms with van der Waals surface area (Å²) in [6, 6.07) is 14.5. The summed E-state index contributed by atoms with van der Waals surface area (Å²) in [5, 5.41) is 12.4. The number of pyridine rings is 1. The lowest BCUT2D eigenvalue weighted by atomic mass is 10.0. The third-order valence-corrected chi connectivity index (χ3v) is 8.08. The van der Waals surface area contributed by atoms with Gasteiger partial charge in [0.15, 0.2) is 0 Å². The van der Waals surface area contributed by atoms with E-state index in [0.29, 0.717) is 34.3 Å². The molecule has 0 fully saturated rings. The van der Waals surface area contributed by atoms with Gasteiger partial charge in [-0.25, -0.2) is 26.7 Å². The van der Waals surface area contributed by atoms with Crippen LogP contribution < -0.4 is 15.6 Å². The second-order valence-corrected chi connectivity index (χ2v) is 11.2. The van der Waals surface area contributed by atoms with Crippen molar-refractivity contribution in [3.05, 3.63) is 118 Å². The molecule has 3 N–H and O–H groups in total. The van der Waals surface area contributed by atoms with E-state index in [1.165, 1.54) is 35.1 Å². The maximum atomic E-state index is 14.8. The number of anilines is 1. The topological polar surface area (TPSA) is 152 Å². The highest BCUT2D eigenvalue weighted by Crippen LogP contribution is 2.23. The van der Waals surface area contributed by atoms with Gasteiger partial charge in [0.05, 0.1) is 38.9 Å². The molecule has 0 aliphatic heterocycles. The number of sulfonamides is 1. The number of fused-ring (bicyclic) bond motifs is 1. The number of halogens is 2. The van der Waals surface area contributed by atoms with Gasteiger partial charge in [0.25, 0.3) is 21.5 Å². The van der Waals surface area contributed by atoms with E-state index in [4.69, 9.17) is 0 Å². The Morgan fingerprint density at radius 2 is 1.70 bits per heavy atom. The van der Waals surface area contributed by atoms with Crippen LogP contribution in [-0.2, 0) is 28.3 Å². The molecule has 11 nitrogen and oxygen atoms in total. The number of carbonyl (C=O) groups is 2. The summed E-state index contributed by atoms with van der Waals surface area (Å²) in [5.74, 6) is -5.15. The van der Waals surface area contributed by atoms with Gasteiger partial charge >= 0.3 is 5.97 Å². The Hall–Kier alpha value is -5.37. The van der Waals surface area contributed by atoms with E-state index >= 15 is 0 Å². The Morgan fingerprint density at radius 3 is 2.35 bits per heavy atom. The molecule has 1 atom stereocenters. The number of nitrogens with one attached hydrogen (secondary N) is 2. The molecule has 1 amide bonds. The van der Waals surface area contributed by atoms with Crippen molar-refractivity contribution in [1.82, 2.24) is 19.7 Å². The molecular weight excluding hydrogens is 584 g/mol. The molecular formula is C29H23F2N5O6S. The van der Waals surface area contributed by atoms with Gasteiger partial charge in [-0.1, -0.05) is 30.3 Å². The Morgan fingerprint density at radius 1 is 1.00 bits per heavy atom. The first-order chi connectivity index (χ1) is 20.5. The van der Waals surface area contributed by atoms with Gasteiger partial charge in [0, 0.05) is 25.7 Å². The molecule has 0 saturated carbocycles. The van der Waals surface area contributed by atoms with Crippen LogP contribution in [0.5, 0.6) is 0 Å². The van der Waals surface area contributed by atoms with Gasteiger partial charge in [-0.3, -0.25) is 24.0 Å². The second kappa shape index (κ2) is 11.5. The Balaban J connectivity index is 1.32. The number of carboxylic acids is 1. The Labute approximate surface area is 243 Å². The summed E-state index contributed by atoms with van der Waals surface area (Å²) < 4.78 is 59.6. The summed E-state index contributed by atoms with van der Waals surface area (Å²) in [5.41, 5.74) is -0.209. The number of hydrogen-bond donors (Lipinski definition) is 3. The van der Waals surface area contributed by atoms with Crippen LogP contribution in [0.4, 0.5) is 14.5 Å². The smallest absolute Gasteiger partial charge is 0.326 e. The lowest BCUT2D eigenvalue weighted by molar-refractivity contribution is -0.139. The van der Waals surface area contributed by atoms with Crippen LogP contribution >= 0.6 is 0 Å². The van der Waals surface area contributed by atoms with Crippen molar-refractivity contribution in [3.63, 3.8) is 0 Å². The standard InChI is InChI=1S/C29H23F2N5O6S/c1-35-26-16-32-12-11-20(26)28(38)36(35)18-9-7-17(8-10-18)13-25(29(39)40)33-27(37)21-14-23(31)24(15-22(21)30)34-43(41,42)19-5-3-2-4-6-19/h2-12,14-16,25,34H,13H2,1H3,(H,33,37)(H,39,40)/t25-/m0/s1. The Kier molecular flexibility index (Phi) is 7.78. The van der Waals surface area contributed by atoms with E-state index in [1.807, 2.05) is 4.72 Å². The molecule has 220 valence electrons. The Bertz CT molecular complexity index is 2030. The summed E-state index contributed by atoms with van der Waals surface area (Å²) in [6.45, 7) is 0. The highest BCUT2D eigenvalue weighted by Gasteiger charge is 2.25. The first-order valence-electron chi connectivity index (χ1n) is 12.7. The fraction of sp³-hybridized carbons (Fsp3) is 0.103. The van der Waals surface area contributed by atoms with Crippen molar-refractivity contribution in [3.8, 4) is 5.69 Å². The van der Waals surface area contributed by atoms with Crippen LogP contribution in [0.25, 0.3) is 16.6 Å². The van der Waals surface area contributed by atoms with Crippen LogP contribution in [0.1, 0.15) is 15.9 Å². The quantitative estimate of drug-likeness (QED) is 0.233. The molecule has 3 aromatic carbocycles. The zero-order valence-electron chi connectivity index (χ0n) is 22.4. The average molecular weight is 608 g/mol. The predicted octanol–water partition coefficient (Wildman–Crippen LogP) is 3.23. The zero-order valence-corrected chi connectivity index (χ0v) is 23.2. The van der Waals surface area contributed by atoms with E-state index < -0.39 is 50.8 Å². The average Bonchev–Trinajstić information content (AvgIpc) is 3.24. The molecule has 0 bridgehead atoms. The van der Waals surface area contributed by atoms with Crippen LogP contribution in [0, 0.1) is 11.6 Å². The number of rotatable bonds is 9. The van der Waals surface area contributed by atoms with Crippen molar-refractivity contribution in [1.29, 1.82) is 0 Å². The molecule has 0 unspecified atom stereocenters. The highest BCUT2D eigenvalue weighted by atomic mass is 32.2. The van der Waals surface area contributed by atoms with Crippen LogP contribution in [0.2, 0.25) is 0 Å². The molecule has 43 heavy (non-hydrogen) atoms. The first-order valence-corrected chi connectivity index (χ1v) is 14.2. The highest BCUT2D eigenvalue weighted by molar-refractivity contribution is 7.92. The minimum Gasteiger partial charge on any atom is -0.480 e. The number of aromatic nitrogens is 3. The van der Waals surface area contributed by atoms with Gasteiger partial charge in [-0.15, -0.1) is 0 Å². The molecule has 0 spiro atoms. The lowest BCUT2D eigenvalue weighted by Crippen LogP contribution is -2.42. The van der Waals surface area contributed by atoms with Crippen molar-refractivity contribution < 1.29 is 31.9 Å². The largest absolute Gasteiger partial charge is 0.480 e. The molecule has 5 rings (SSSR count). The van der Waals surface area contributed by atoms with Gasteiger partial charge in [-0.05, 0) is 42.0 Å². The molecule has 2 heterocycles. The van der Waals surface area contributed by atoms with Gasteiger partial charge in [0.2, 0.25) is 0 Å². The fourth-order valence-electron chi connectivity index (χ4n) is 4.52. The van der Waals surface area contributed by atoms with E-state index in [2.05, 4.69) is 10.3 Å². The monoisotopic (exact) mass is 607 g/mol. The number of amides is 1. The van der Waals surface area contributed by atoms with E-state index in [9.17, 15) is 36.7 Å². The minimum absolute atomic E-state index is 0.185. The molecule has 0 aliphatic carbocycles. The van der Waals surface area contributed by atoms with E-state index in [1.54, 1.807) is 54.3 Å². The molecule has 0 aliphatic rings. The van der Waals surface area contributed by atoms with Crippen LogP contribution in [0.3, 0.4) is 0 Å². The number of carbonyl (C=O) groups excluding carboxylic acids is 1. The minimum atomic E-state index is -4.24. The first kappa shape index (κ1) is 29.1. The number of nitrogens with zero attached hydrogens (tertiary/aromatic N) is 3. The SMILES string of the molecule is Cn1c2cnccc2c(=O)n1-c1ccc(C[C@H](NC(=O)c2cc(F)c(NS(=O)(=O)c3ccccc3)cc2F)C(=O)O)cc1. The summed E-state index contributed by atoms with van der Waals surface area (Å²) in [4.78, 5) is 41.4. The lowest BCUT2D eigenvalue weighted by Gasteiger charge is -2.16. The molecule has 0 radical (unpaired) electrons. The van der Waals surface area contributed by atoms with Gasteiger partial charge in [0.1, 0.15) is 17.7 Å². The molecule has 0 saturated heterocycles. The van der Waals surface area contributed by atoms with Crippen molar-refractivity contribution in [2.24, 2.45) is 7.05 Å². The van der Waals surface area contributed by atoms with Crippen molar-refractivity contribution in [2.75, 3.05) is 4.72 Å². The summed E-state index contributed by atoms with van der Waals surface area (Å²) in [6.07, 6.45) is 2.86. The number of benzene rings is 3. The fourth-order valence-corrected chi connectivity index (χ4v) is 5.60. The summed E-state index contributed by atoms with van der Waals surface area (Å²) >= 11 is 0. The van der Waals surface area contributed by atoms with E-state index in [0.717, 1.165) is 0 Å². The maximum absolute atomic E-state index is 14.8. The molecule has 14 heteroatoms. The predicted molar refractivity (Wildman–Crippen MR) is 153 cm³/mol. The van der Waals surface area contributed by atoms with Gasteiger partial charge in [-0.2, -0.15) is 0 Å².